The third-order valence-electron chi connectivity index (χ3n) is 2.61. The molecule has 0 aliphatic rings. The Labute approximate surface area is 112 Å². The van der Waals surface area contributed by atoms with Gasteiger partial charge in [0.15, 0.2) is 12.1 Å². The van der Waals surface area contributed by atoms with Gasteiger partial charge in [-0.15, -0.1) is 0 Å². The molecule has 0 saturated heterocycles. The standard InChI is InChI=1S/C12H12F3N3O2/c1-11(16,12(13,14)15)10-17-9(18-20-10)7-19-8-5-3-2-4-6-8/h2-6H,7,16H2,1H3. The number of rotatable bonds is 4. The molecule has 0 spiro atoms. The molecule has 2 rings (SSSR count). The number of hydrogen-bond acceptors (Lipinski definition) is 5. The van der Waals surface area contributed by atoms with E-state index in [1.807, 2.05) is 6.07 Å². The van der Waals surface area contributed by atoms with Gasteiger partial charge in [0.25, 0.3) is 5.89 Å². The van der Waals surface area contributed by atoms with Crippen molar-refractivity contribution in [2.24, 2.45) is 5.73 Å². The van der Waals surface area contributed by atoms with Crippen molar-refractivity contribution < 1.29 is 22.4 Å². The van der Waals surface area contributed by atoms with E-state index in [0.29, 0.717) is 5.75 Å². The van der Waals surface area contributed by atoms with E-state index < -0.39 is 17.6 Å². The maximum atomic E-state index is 12.7. The van der Waals surface area contributed by atoms with Crippen molar-refractivity contribution in [2.45, 2.75) is 25.2 Å². The molecular formula is C12H12F3N3O2. The van der Waals surface area contributed by atoms with Crippen LogP contribution in [0.1, 0.15) is 18.6 Å². The Bertz CT molecular complexity index is 567. The summed E-state index contributed by atoms with van der Waals surface area (Å²) in [6.45, 7) is 0.657. The highest BCUT2D eigenvalue weighted by molar-refractivity contribution is 5.21. The lowest BCUT2D eigenvalue weighted by atomic mass is 10.0. The largest absolute Gasteiger partial charge is 0.485 e. The second kappa shape index (κ2) is 5.12. The van der Waals surface area contributed by atoms with E-state index in [2.05, 4.69) is 14.7 Å². The zero-order valence-electron chi connectivity index (χ0n) is 10.5. The summed E-state index contributed by atoms with van der Waals surface area (Å²) in [4.78, 5) is 3.62. The number of benzene rings is 1. The molecule has 1 heterocycles. The van der Waals surface area contributed by atoms with Crippen molar-refractivity contribution in [3.63, 3.8) is 0 Å². The predicted octanol–water partition coefficient (Wildman–Crippen LogP) is 2.38. The minimum Gasteiger partial charge on any atom is -0.485 e. The smallest absolute Gasteiger partial charge is 0.415 e. The summed E-state index contributed by atoms with van der Waals surface area (Å²) in [5, 5.41) is 3.42. The first-order valence-electron chi connectivity index (χ1n) is 5.67. The molecule has 0 bridgehead atoms. The van der Waals surface area contributed by atoms with E-state index in [-0.39, 0.29) is 12.4 Å². The lowest BCUT2D eigenvalue weighted by Crippen LogP contribution is -2.48. The molecule has 108 valence electrons. The van der Waals surface area contributed by atoms with Gasteiger partial charge in [0, 0.05) is 0 Å². The molecule has 20 heavy (non-hydrogen) atoms. The SMILES string of the molecule is CC(N)(c1nc(COc2ccccc2)no1)C(F)(F)F. The number of aromatic nitrogens is 2. The number of nitrogens with zero attached hydrogens (tertiary/aromatic N) is 2. The van der Waals surface area contributed by atoms with Crippen molar-refractivity contribution in [3.8, 4) is 5.75 Å². The average molecular weight is 287 g/mol. The van der Waals surface area contributed by atoms with Gasteiger partial charge in [-0.05, 0) is 19.1 Å². The zero-order chi connectivity index (χ0) is 14.8. The number of para-hydroxylation sites is 1. The Morgan fingerprint density at radius 1 is 1.25 bits per heavy atom. The molecular weight excluding hydrogens is 275 g/mol. The van der Waals surface area contributed by atoms with Crippen LogP contribution in [0.2, 0.25) is 0 Å². The second-order valence-corrected chi connectivity index (χ2v) is 4.32. The Balaban J connectivity index is 2.06. The van der Waals surface area contributed by atoms with Crippen LogP contribution in [0.3, 0.4) is 0 Å². The number of ether oxygens (including phenoxy) is 1. The van der Waals surface area contributed by atoms with Crippen LogP contribution in [-0.4, -0.2) is 16.3 Å². The van der Waals surface area contributed by atoms with Crippen molar-refractivity contribution in [2.75, 3.05) is 0 Å². The lowest BCUT2D eigenvalue weighted by molar-refractivity contribution is -0.190. The summed E-state index contributed by atoms with van der Waals surface area (Å²) in [6, 6.07) is 8.73. The molecule has 0 saturated carbocycles. The summed E-state index contributed by atoms with van der Waals surface area (Å²) in [7, 11) is 0. The fraction of sp³-hybridized carbons (Fsp3) is 0.333. The zero-order valence-corrected chi connectivity index (χ0v) is 10.5. The fourth-order valence-electron chi connectivity index (χ4n) is 1.31. The molecule has 1 aromatic heterocycles. The van der Waals surface area contributed by atoms with Gasteiger partial charge in [-0.1, -0.05) is 23.4 Å². The molecule has 1 unspecified atom stereocenters. The molecule has 2 aromatic rings. The van der Waals surface area contributed by atoms with E-state index in [4.69, 9.17) is 10.5 Å². The molecule has 0 radical (unpaired) electrons. The Hall–Kier alpha value is -2.09. The summed E-state index contributed by atoms with van der Waals surface area (Å²) in [6.07, 6.45) is -4.68. The molecule has 0 fully saturated rings. The molecule has 0 aliphatic heterocycles. The first kappa shape index (κ1) is 14.3. The van der Waals surface area contributed by atoms with Gasteiger partial charge >= 0.3 is 6.18 Å². The van der Waals surface area contributed by atoms with Crippen LogP contribution in [0.25, 0.3) is 0 Å². The van der Waals surface area contributed by atoms with Gasteiger partial charge < -0.3 is 15.0 Å². The quantitative estimate of drug-likeness (QED) is 0.934. The third-order valence-corrected chi connectivity index (χ3v) is 2.61. The Morgan fingerprint density at radius 3 is 2.50 bits per heavy atom. The third kappa shape index (κ3) is 2.90. The molecule has 8 heteroatoms. The normalized spacial score (nSPS) is 14.8. The average Bonchev–Trinajstić information content (AvgIpc) is 2.85. The van der Waals surface area contributed by atoms with Crippen LogP contribution in [0.15, 0.2) is 34.9 Å². The predicted molar refractivity (Wildman–Crippen MR) is 62.7 cm³/mol. The highest BCUT2D eigenvalue weighted by Crippen LogP contribution is 2.35. The topological polar surface area (TPSA) is 74.2 Å². The summed E-state index contributed by atoms with van der Waals surface area (Å²) in [5.74, 6) is -0.161. The van der Waals surface area contributed by atoms with Gasteiger partial charge in [-0.3, -0.25) is 0 Å². The Kier molecular flexibility index (Phi) is 3.67. The van der Waals surface area contributed by atoms with Crippen LogP contribution >= 0.6 is 0 Å². The van der Waals surface area contributed by atoms with Crippen LogP contribution in [0.5, 0.6) is 5.75 Å². The first-order valence-corrected chi connectivity index (χ1v) is 5.67. The van der Waals surface area contributed by atoms with E-state index in [1.54, 1.807) is 24.3 Å². The van der Waals surface area contributed by atoms with E-state index >= 15 is 0 Å². The number of hydrogen-bond donors (Lipinski definition) is 1. The summed E-state index contributed by atoms with van der Waals surface area (Å²) < 4.78 is 47.9. The van der Waals surface area contributed by atoms with Crippen LogP contribution < -0.4 is 10.5 Å². The van der Waals surface area contributed by atoms with Crippen molar-refractivity contribution in [1.29, 1.82) is 0 Å². The Morgan fingerprint density at radius 2 is 1.90 bits per heavy atom. The molecule has 0 amide bonds. The molecule has 1 aromatic carbocycles. The van der Waals surface area contributed by atoms with Gasteiger partial charge in [0.1, 0.15) is 5.75 Å². The van der Waals surface area contributed by atoms with E-state index in [9.17, 15) is 13.2 Å². The minimum absolute atomic E-state index is 0.00946. The van der Waals surface area contributed by atoms with Gasteiger partial charge in [-0.2, -0.15) is 18.2 Å². The van der Waals surface area contributed by atoms with Crippen LogP contribution in [0, 0.1) is 0 Å². The fourth-order valence-corrected chi connectivity index (χ4v) is 1.31. The first-order chi connectivity index (χ1) is 9.30. The molecule has 5 nitrogen and oxygen atoms in total. The van der Waals surface area contributed by atoms with Gasteiger partial charge in [0.05, 0.1) is 0 Å². The molecule has 0 aliphatic carbocycles. The van der Waals surface area contributed by atoms with E-state index in [0.717, 1.165) is 6.92 Å². The molecule has 2 N–H and O–H groups in total. The number of alkyl halides is 3. The van der Waals surface area contributed by atoms with Crippen molar-refractivity contribution >= 4 is 0 Å². The summed E-state index contributed by atoms with van der Waals surface area (Å²) in [5.41, 5.74) is 2.48. The maximum Gasteiger partial charge on any atom is 0.415 e. The maximum absolute atomic E-state index is 12.7. The highest BCUT2D eigenvalue weighted by Gasteiger charge is 2.53. The van der Waals surface area contributed by atoms with Crippen molar-refractivity contribution in [1.82, 2.24) is 10.1 Å². The van der Waals surface area contributed by atoms with Crippen LogP contribution in [0.4, 0.5) is 13.2 Å². The highest BCUT2D eigenvalue weighted by atomic mass is 19.4. The number of halogens is 3. The van der Waals surface area contributed by atoms with Gasteiger partial charge in [-0.25, -0.2) is 0 Å². The van der Waals surface area contributed by atoms with E-state index in [1.165, 1.54) is 0 Å². The summed E-state index contributed by atoms with van der Waals surface area (Å²) >= 11 is 0. The second-order valence-electron chi connectivity index (χ2n) is 4.32. The molecule has 1 atom stereocenters. The van der Waals surface area contributed by atoms with Crippen molar-refractivity contribution in [3.05, 3.63) is 42.0 Å². The van der Waals surface area contributed by atoms with Crippen LogP contribution in [-0.2, 0) is 12.1 Å². The monoisotopic (exact) mass is 287 g/mol. The minimum atomic E-state index is -4.68. The van der Waals surface area contributed by atoms with Gasteiger partial charge in [0.2, 0.25) is 5.82 Å². The number of nitrogens with two attached hydrogens (primary N) is 1. The lowest BCUT2D eigenvalue weighted by Gasteiger charge is -2.22.